The Kier molecular flexibility index (Phi) is 2.95. The van der Waals surface area contributed by atoms with Gasteiger partial charge in [-0.15, -0.1) is 11.8 Å². The maximum Gasteiger partial charge on any atom is 0.329 e. The first-order valence-electron chi connectivity index (χ1n) is 5.41. The van der Waals surface area contributed by atoms with Crippen molar-refractivity contribution in [1.29, 1.82) is 0 Å². The Morgan fingerprint density at radius 3 is 2.94 bits per heavy atom. The van der Waals surface area contributed by atoms with Crippen LogP contribution in [0.5, 0.6) is 0 Å². The molecule has 0 radical (unpaired) electrons. The van der Waals surface area contributed by atoms with Gasteiger partial charge in [0.25, 0.3) is 0 Å². The van der Waals surface area contributed by atoms with E-state index in [4.69, 9.17) is 5.11 Å². The van der Waals surface area contributed by atoms with Crippen molar-refractivity contribution in [3.8, 4) is 0 Å². The first-order chi connectivity index (χ1) is 8.63. The van der Waals surface area contributed by atoms with E-state index in [1.165, 1.54) is 23.5 Å². The zero-order valence-electron chi connectivity index (χ0n) is 9.18. The molecule has 3 atom stereocenters. The van der Waals surface area contributed by atoms with Gasteiger partial charge in [-0.3, -0.25) is 9.98 Å². The number of carbonyl (C=O) groups is 1. The molecule has 18 heavy (non-hydrogen) atoms. The van der Waals surface area contributed by atoms with Crippen molar-refractivity contribution in [2.45, 2.75) is 17.3 Å². The first kappa shape index (κ1) is 11.9. The van der Waals surface area contributed by atoms with Crippen LogP contribution in [-0.4, -0.2) is 49.4 Å². The van der Waals surface area contributed by atoms with E-state index in [0.29, 0.717) is 10.8 Å². The summed E-state index contributed by atoms with van der Waals surface area (Å²) >= 11 is 2.96. The van der Waals surface area contributed by atoms with Gasteiger partial charge in [0.15, 0.2) is 6.04 Å². The number of carboxylic acid groups (broad SMARTS) is 1. The average Bonchev–Trinajstić information content (AvgIpc) is 2.93. The van der Waals surface area contributed by atoms with Gasteiger partial charge in [-0.05, 0) is 12.2 Å². The summed E-state index contributed by atoms with van der Waals surface area (Å²) in [7, 11) is 0. The fourth-order valence-electron chi connectivity index (χ4n) is 1.87. The number of hydrogen-bond acceptors (Lipinski definition) is 6. The molecule has 7 heteroatoms. The lowest BCUT2D eigenvalue weighted by molar-refractivity contribution is -0.137. The van der Waals surface area contributed by atoms with Crippen LogP contribution < -0.4 is 0 Å². The van der Waals surface area contributed by atoms with Crippen LogP contribution in [0.25, 0.3) is 0 Å². The van der Waals surface area contributed by atoms with Crippen LogP contribution in [0, 0.1) is 0 Å². The number of fused-ring (bicyclic) bond motifs is 1. The number of nitrogens with zero attached hydrogens (tertiary/aromatic N) is 2. The van der Waals surface area contributed by atoms with Gasteiger partial charge >= 0.3 is 5.97 Å². The van der Waals surface area contributed by atoms with Crippen LogP contribution in [0.15, 0.2) is 34.0 Å². The largest absolute Gasteiger partial charge is 0.508 e. The van der Waals surface area contributed by atoms with E-state index in [1.54, 1.807) is 12.2 Å². The molecule has 0 aromatic rings. The molecule has 0 spiro atoms. The number of allylic oxidation sites excluding steroid dienone is 1. The maximum absolute atomic E-state index is 10.8. The Balaban J connectivity index is 1.79. The maximum atomic E-state index is 10.8. The Labute approximate surface area is 112 Å². The summed E-state index contributed by atoms with van der Waals surface area (Å²) in [6, 6.07) is -0.636. The molecular weight excluding hydrogens is 272 g/mol. The number of carboxylic acids is 1. The number of aliphatic imine (C=N–C) groups is 2. The van der Waals surface area contributed by atoms with Crippen LogP contribution >= 0.6 is 23.5 Å². The lowest BCUT2D eigenvalue weighted by atomic mass is 10.1. The monoisotopic (exact) mass is 282 g/mol. The summed E-state index contributed by atoms with van der Waals surface area (Å²) in [6.45, 7) is 0. The third-order valence-electron chi connectivity index (χ3n) is 2.77. The molecule has 3 rings (SSSR count). The lowest BCUT2D eigenvalue weighted by Crippen LogP contribution is -2.17. The topological polar surface area (TPSA) is 82.2 Å². The van der Waals surface area contributed by atoms with Gasteiger partial charge < -0.3 is 10.2 Å². The van der Waals surface area contributed by atoms with Crippen molar-refractivity contribution < 1.29 is 15.0 Å². The molecular formula is C11H10N2O3S2. The van der Waals surface area contributed by atoms with E-state index in [2.05, 4.69) is 9.98 Å². The molecule has 2 heterocycles. The highest BCUT2D eigenvalue weighted by Crippen LogP contribution is 2.36. The fraction of sp³-hybridized carbons (Fsp3) is 0.364. The molecule has 0 saturated carbocycles. The zero-order chi connectivity index (χ0) is 12.7. The minimum atomic E-state index is -0.893. The second kappa shape index (κ2) is 4.47. The highest BCUT2D eigenvalue weighted by molar-refractivity contribution is 8.25. The summed E-state index contributed by atoms with van der Waals surface area (Å²) in [6.07, 6.45) is 5.26. The summed E-state index contributed by atoms with van der Waals surface area (Å²) in [5.41, 5.74) is 0. The number of thioether (sulfide) groups is 2. The molecule has 0 bridgehead atoms. The van der Waals surface area contributed by atoms with Crippen molar-refractivity contribution in [1.82, 2.24) is 0 Å². The molecule has 0 aromatic heterocycles. The fourth-order valence-corrected chi connectivity index (χ4v) is 4.19. The summed E-state index contributed by atoms with van der Waals surface area (Å²) < 4.78 is 0. The lowest BCUT2D eigenvalue weighted by Gasteiger charge is -2.12. The zero-order valence-corrected chi connectivity index (χ0v) is 10.8. The van der Waals surface area contributed by atoms with E-state index >= 15 is 0 Å². The van der Waals surface area contributed by atoms with Gasteiger partial charge in [0.1, 0.15) is 15.8 Å². The van der Waals surface area contributed by atoms with Crippen LogP contribution in [0.1, 0.15) is 0 Å². The number of aliphatic hydroxyl groups excluding tert-OH is 1. The van der Waals surface area contributed by atoms with Gasteiger partial charge in [-0.25, -0.2) is 4.79 Å². The summed E-state index contributed by atoms with van der Waals surface area (Å²) in [5.74, 6) is -0.170. The van der Waals surface area contributed by atoms with Crippen molar-refractivity contribution >= 4 is 39.6 Å². The number of rotatable bonds is 2. The van der Waals surface area contributed by atoms with Crippen molar-refractivity contribution in [3.05, 3.63) is 24.0 Å². The smallest absolute Gasteiger partial charge is 0.329 e. The predicted octanol–water partition coefficient (Wildman–Crippen LogP) is 1.48. The Bertz CT molecular complexity index is 524. The highest BCUT2D eigenvalue weighted by atomic mass is 32.2. The molecule has 1 aliphatic carbocycles. The van der Waals surface area contributed by atoms with Gasteiger partial charge in [0, 0.05) is 5.75 Å². The molecule has 0 saturated heterocycles. The molecule has 0 amide bonds. The molecule has 2 aliphatic heterocycles. The van der Waals surface area contributed by atoms with E-state index in [9.17, 15) is 9.90 Å². The predicted molar refractivity (Wildman–Crippen MR) is 73.8 cm³/mol. The molecule has 3 aliphatic rings. The second-order valence-corrected chi connectivity index (χ2v) is 6.23. The summed E-state index contributed by atoms with van der Waals surface area (Å²) in [4.78, 5) is 19.5. The molecule has 0 aromatic carbocycles. The summed E-state index contributed by atoms with van der Waals surface area (Å²) in [5, 5.41) is 19.9. The molecule has 2 N–H and O–H groups in total. The molecule has 94 valence electrons. The van der Waals surface area contributed by atoms with Gasteiger partial charge in [0.2, 0.25) is 0 Å². The molecule has 0 fully saturated rings. The average molecular weight is 282 g/mol. The van der Waals surface area contributed by atoms with E-state index in [0.717, 1.165) is 5.04 Å². The SMILES string of the molecule is O=C(O)C1CSC(C2=NC3C=CC(O)=CC3S2)=N1. The second-order valence-electron chi connectivity index (χ2n) is 4.06. The molecule has 5 nitrogen and oxygen atoms in total. The van der Waals surface area contributed by atoms with Crippen molar-refractivity contribution in [2.75, 3.05) is 5.75 Å². The van der Waals surface area contributed by atoms with Crippen LogP contribution in [-0.2, 0) is 4.79 Å². The minimum Gasteiger partial charge on any atom is -0.508 e. The Morgan fingerprint density at radius 2 is 2.22 bits per heavy atom. The Morgan fingerprint density at radius 1 is 1.39 bits per heavy atom. The van der Waals surface area contributed by atoms with Crippen LogP contribution in [0.2, 0.25) is 0 Å². The normalized spacial score (nSPS) is 33.8. The van der Waals surface area contributed by atoms with Gasteiger partial charge in [-0.1, -0.05) is 17.8 Å². The van der Waals surface area contributed by atoms with E-state index in [-0.39, 0.29) is 17.1 Å². The van der Waals surface area contributed by atoms with Crippen LogP contribution in [0.4, 0.5) is 0 Å². The van der Waals surface area contributed by atoms with E-state index in [1.807, 2.05) is 6.08 Å². The van der Waals surface area contributed by atoms with Gasteiger partial charge in [0.05, 0.1) is 11.3 Å². The number of aliphatic carboxylic acids is 1. The third-order valence-corrected chi connectivity index (χ3v) is 5.16. The van der Waals surface area contributed by atoms with Crippen molar-refractivity contribution in [2.24, 2.45) is 9.98 Å². The number of aliphatic hydroxyl groups is 1. The van der Waals surface area contributed by atoms with E-state index < -0.39 is 12.0 Å². The standard InChI is InChI=1S/C11H10N2O3S2/c14-5-1-2-6-8(3-5)18-10(12-6)9-13-7(4-17-9)11(15)16/h1-3,6-8,14H,4H2,(H,15,16). The van der Waals surface area contributed by atoms with Crippen LogP contribution in [0.3, 0.4) is 0 Å². The minimum absolute atomic E-state index is 0.0214. The molecule has 3 unspecified atom stereocenters. The first-order valence-corrected chi connectivity index (χ1v) is 7.27. The third kappa shape index (κ3) is 2.08. The number of hydrogen-bond donors (Lipinski definition) is 2. The van der Waals surface area contributed by atoms with Gasteiger partial charge in [-0.2, -0.15) is 0 Å². The quantitative estimate of drug-likeness (QED) is 0.801. The van der Waals surface area contributed by atoms with Crippen molar-refractivity contribution in [3.63, 3.8) is 0 Å². The highest BCUT2D eigenvalue weighted by Gasteiger charge is 2.34. The Hall–Kier alpha value is -1.21.